The van der Waals surface area contributed by atoms with Gasteiger partial charge < -0.3 is 14.4 Å². The van der Waals surface area contributed by atoms with E-state index >= 15 is 0 Å². The maximum Gasteiger partial charge on any atom is 0.358 e. The molecule has 0 atom stereocenters. The summed E-state index contributed by atoms with van der Waals surface area (Å²) in [6.45, 7) is 2.96. The molecule has 1 aliphatic carbocycles. The minimum Gasteiger partial charge on any atom is -0.464 e. The lowest BCUT2D eigenvalue weighted by Crippen LogP contribution is -2.26. The molecular weight excluding hydrogens is 436 g/mol. The smallest absolute Gasteiger partial charge is 0.358 e. The van der Waals surface area contributed by atoms with E-state index in [9.17, 15) is 14.7 Å². The van der Waals surface area contributed by atoms with E-state index in [1.807, 2.05) is 19.1 Å². The monoisotopic (exact) mass is 464 g/mol. The van der Waals surface area contributed by atoms with Crippen LogP contribution in [0.1, 0.15) is 60.7 Å². The van der Waals surface area contributed by atoms with Crippen molar-refractivity contribution in [3.05, 3.63) is 52.1 Å². The molecule has 1 aliphatic rings. The first-order chi connectivity index (χ1) is 16.6. The lowest BCUT2D eigenvalue weighted by Gasteiger charge is -2.10. The predicted molar refractivity (Wildman–Crippen MR) is 126 cm³/mol. The van der Waals surface area contributed by atoms with Gasteiger partial charge >= 0.3 is 11.7 Å². The van der Waals surface area contributed by atoms with Crippen LogP contribution >= 0.6 is 0 Å². The van der Waals surface area contributed by atoms with Crippen molar-refractivity contribution in [1.82, 2.24) is 28.7 Å². The van der Waals surface area contributed by atoms with Crippen LogP contribution in [0.25, 0.3) is 22.2 Å². The molecule has 0 spiro atoms. The highest BCUT2D eigenvalue weighted by atomic mass is 16.5. The van der Waals surface area contributed by atoms with Gasteiger partial charge in [0.25, 0.3) is 0 Å². The van der Waals surface area contributed by atoms with E-state index in [-0.39, 0.29) is 30.6 Å². The van der Waals surface area contributed by atoms with Crippen molar-refractivity contribution in [3.8, 4) is 0 Å². The Morgan fingerprint density at radius 3 is 2.68 bits per heavy atom. The van der Waals surface area contributed by atoms with E-state index in [0.29, 0.717) is 35.5 Å². The predicted octanol–water partition coefficient (Wildman–Crippen LogP) is 2.45. The van der Waals surface area contributed by atoms with E-state index in [4.69, 9.17) is 9.72 Å². The van der Waals surface area contributed by atoms with Gasteiger partial charge in [-0.2, -0.15) is 0 Å². The zero-order valence-corrected chi connectivity index (χ0v) is 19.4. The number of carbonyl (C=O) groups excluding carboxylic acids is 1. The van der Waals surface area contributed by atoms with E-state index in [0.717, 1.165) is 36.9 Å². The molecular formula is C24H28N6O4. The van der Waals surface area contributed by atoms with E-state index < -0.39 is 5.97 Å². The van der Waals surface area contributed by atoms with Gasteiger partial charge in [0.05, 0.1) is 24.7 Å². The lowest BCUT2D eigenvalue weighted by molar-refractivity contribution is 0.0596. The molecule has 10 nitrogen and oxygen atoms in total. The fourth-order valence-electron chi connectivity index (χ4n) is 4.50. The summed E-state index contributed by atoms with van der Waals surface area (Å²) in [6.07, 6.45) is 5.62. The Hall–Kier alpha value is -3.53. The van der Waals surface area contributed by atoms with Crippen LogP contribution in [0.3, 0.4) is 0 Å². The summed E-state index contributed by atoms with van der Waals surface area (Å²) in [5, 5.41) is 9.27. The summed E-state index contributed by atoms with van der Waals surface area (Å²) in [6, 6.07) is 5.90. The summed E-state index contributed by atoms with van der Waals surface area (Å²) < 4.78 is 10.4. The number of aromatic nitrogens is 6. The summed E-state index contributed by atoms with van der Waals surface area (Å²) in [5.74, 6) is 0.0864. The summed E-state index contributed by atoms with van der Waals surface area (Å²) in [4.78, 5) is 39.8. The van der Waals surface area contributed by atoms with Gasteiger partial charge in [-0.15, -0.1) is 0 Å². The van der Waals surface area contributed by atoms with Crippen LogP contribution in [0.15, 0.2) is 29.2 Å². The fraction of sp³-hybridized carbons (Fsp3) is 0.458. The molecule has 4 aromatic heterocycles. The van der Waals surface area contributed by atoms with Crippen molar-refractivity contribution in [2.75, 3.05) is 13.7 Å². The van der Waals surface area contributed by atoms with Gasteiger partial charge in [0, 0.05) is 31.1 Å². The molecule has 1 fully saturated rings. The average molecular weight is 465 g/mol. The number of carbonyl (C=O) groups is 1. The molecule has 1 N–H and O–H groups in total. The van der Waals surface area contributed by atoms with Crippen molar-refractivity contribution >= 4 is 28.2 Å². The van der Waals surface area contributed by atoms with Crippen molar-refractivity contribution in [1.29, 1.82) is 0 Å². The second kappa shape index (κ2) is 9.02. The number of unbranched alkanes of at least 4 members (excludes halogenated alkanes) is 1. The van der Waals surface area contributed by atoms with Gasteiger partial charge in [0.15, 0.2) is 11.3 Å². The minimum atomic E-state index is -0.585. The molecule has 0 amide bonds. The molecule has 5 rings (SSSR count). The molecule has 0 saturated heterocycles. The highest BCUT2D eigenvalue weighted by molar-refractivity contribution is 6.00. The number of nitrogens with zero attached hydrogens (tertiary/aromatic N) is 6. The zero-order chi connectivity index (χ0) is 23.8. The van der Waals surface area contributed by atoms with Crippen LogP contribution in [0, 0.1) is 0 Å². The Balaban J connectivity index is 1.69. The number of aliphatic hydroxyl groups excluding tert-OH is 1. The Morgan fingerprint density at radius 1 is 1.15 bits per heavy atom. The standard InChI is InChI=1S/C24H28N6O4/c1-3-15-6-9-18-22(26-15)27-19(28(18)12-4-5-13-31)14-29-21-17(30(24(29)33)16-7-8-16)10-11-25-20(21)23(32)34-2/h6,9-11,16,31H,3-5,7-8,12-14H2,1-2H3. The molecule has 0 unspecified atom stereocenters. The van der Waals surface area contributed by atoms with E-state index in [1.54, 1.807) is 15.2 Å². The van der Waals surface area contributed by atoms with Crippen LogP contribution in [-0.4, -0.2) is 53.4 Å². The van der Waals surface area contributed by atoms with Gasteiger partial charge in [0.1, 0.15) is 11.3 Å². The number of fused-ring (bicyclic) bond motifs is 2. The normalized spacial score (nSPS) is 13.7. The molecule has 0 bridgehead atoms. The Bertz CT molecular complexity index is 1430. The molecule has 0 radical (unpaired) electrons. The third kappa shape index (κ3) is 3.77. The van der Waals surface area contributed by atoms with Gasteiger partial charge in [-0.3, -0.25) is 9.13 Å². The third-order valence-electron chi connectivity index (χ3n) is 6.36. The summed E-state index contributed by atoms with van der Waals surface area (Å²) in [5.41, 5.74) is 3.52. The van der Waals surface area contributed by atoms with Crippen LogP contribution in [0.4, 0.5) is 0 Å². The SMILES string of the molecule is CCc1ccc2c(n1)nc(Cn1c(=O)n(C3CC3)c3ccnc(C(=O)OC)c31)n2CCCCO. The van der Waals surface area contributed by atoms with Gasteiger partial charge in [-0.1, -0.05) is 6.92 Å². The van der Waals surface area contributed by atoms with Gasteiger partial charge in [0.2, 0.25) is 0 Å². The number of pyridine rings is 2. The number of hydrogen-bond donors (Lipinski definition) is 1. The Labute approximate surface area is 195 Å². The fourth-order valence-corrected chi connectivity index (χ4v) is 4.50. The maximum atomic E-state index is 13.6. The van der Waals surface area contributed by atoms with Crippen LogP contribution in [-0.2, 0) is 24.2 Å². The summed E-state index contributed by atoms with van der Waals surface area (Å²) in [7, 11) is 1.31. The molecule has 178 valence electrons. The first-order valence-corrected chi connectivity index (χ1v) is 11.7. The molecule has 1 saturated carbocycles. The molecule has 0 aliphatic heterocycles. The first kappa shape index (κ1) is 22.3. The van der Waals surface area contributed by atoms with E-state index in [2.05, 4.69) is 14.5 Å². The zero-order valence-electron chi connectivity index (χ0n) is 19.4. The summed E-state index contributed by atoms with van der Waals surface area (Å²) >= 11 is 0. The number of aryl methyl sites for hydroxylation is 2. The van der Waals surface area contributed by atoms with Crippen molar-refractivity contribution in [3.63, 3.8) is 0 Å². The number of methoxy groups -OCH3 is 1. The third-order valence-corrected chi connectivity index (χ3v) is 6.36. The largest absolute Gasteiger partial charge is 0.464 e. The van der Waals surface area contributed by atoms with Gasteiger partial charge in [-0.25, -0.2) is 24.5 Å². The van der Waals surface area contributed by atoms with Gasteiger partial charge in [-0.05, 0) is 50.3 Å². The quantitative estimate of drug-likeness (QED) is 0.299. The second-order valence-electron chi connectivity index (χ2n) is 8.60. The van der Waals surface area contributed by atoms with Crippen molar-refractivity contribution in [2.24, 2.45) is 0 Å². The maximum absolute atomic E-state index is 13.6. The first-order valence-electron chi connectivity index (χ1n) is 11.7. The topological polar surface area (TPSA) is 117 Å². The minimum absolute atomic E-state index is 0.114. The lowest BCUT2D eigenvalue weighted by atomic mass is 10.2. The number of esters is 1. The number of rotatable bonds is 9. The van der Waals surface area contributed by atoms with Crippen molar-refractivity contribution in [2.45, 2.75) is 58.2 Å². The highest BCUT2D eigenvalue weighted by Gasteiger charge is 2.31. The van der Waals surface area contributed by atoms with Crippen molar-refractivity contribution < 1.29 is 14.6 Å². The number of aliphatic hydroxyl groups is 1. The number of hydrogen-bond acceptors (Lipinski definition) is 7. The van der Waals surface area contributed by atoms with E-state index in [1.165, 1.54) is 13.3 Å². The Morgan fingerprint density at radius 2 is 1.97 bits per heavy atom. The highest BCUT2D eigenvalue weighted by Crippen LogP contribution is 2.36. The Kier molecular flexibility index (Phi) is 5.91. The number of ether oxygens (including phenoxy) is 1. The molecule has 34 heavy (non-hydrogen) atoms. The average Bonchev–Trinajstić information content (AvgIpc) is 3.58. The van der Waals surface area contributed by atoms with Crippen LogP contribution in [0.5, 0.6) is 0 Å². The molecule has 10 heteroatoms. The molecule has 4 heterocycles. The molecule has 0 aromatic carbocycles. The van der Waals surface area contributed by atoms with Crippen LogP contribution < -0.4 is 5.69 Å². The second-order valence-corrected chi connectivity index (χ2v) is 8.60. The van der Waals surface area contributed by atoms with Crippen LogP contribution in [0.2, 0.25) is 0 Å². The molecule has 4 aromatic rings. The number of imidazole rings is 2.